The molecule has 2 aromatic carbocycles. The smallest absolute Gasteiger partial charge is 0.163 e. The Morgan fingerprint density at radius 2 is 1.68 bits per heavy atom. The maximum absolute atomic E-state index is 6.23. The highest BCUT2D eigenvalue weighted by Gasteiger charge is 2.08. The Balaban J connectivity index is 1.96. The van der Waals surface area contributed by atoms with Crippen molar-refractivity contribution in [2.45, 2.75) is 0 Å². The van der Waals surface area contributed by atoms with E-state index in [2.05, 4.69) is 37.9 Å². The van der Waals surface area contributed by atoms with Gasteiger partial charge in [-0.1, -0.05) is 53.5 Å². The van der Waals surface area contributed by atoms with E-state index in [4.69, 9.17) is 23.2 Å². The fraction of sp³-hybridized carbons (Fsp3) is 0. The van der Waals surface area contributed by atoms with Gasteiger partial charge in [0.05, 0.1) is 10.7 Å². The summed E-state index contributed by atoms with van der Waals surface area (Å²) in [6.07, 6.45) is 0. The molecule has 1 aromatic heterocycles. The number of hydrogen-bond acceptors (Lipinski definition) is 3. The van der Waals surface area contributed by atoms with Crippen LogP contribution in [-0.2, 0) is 0 Å². The van der Waals surface area contributed by atoms with Crippen LogP contribution in [0.3, 0.4) is 0 Å². The average Bonchev–Trinajstić information content (AvgIpc) is 2.50. The topological polar surface area (TPSA) is 37.8 Å². The van der Waals surface area contributed by atoms with Crippen LogP contribution in [0.4, 0.5) is 11.5 Å². The van der Waals surface area contributed by atoms with Gasteiger partial charge < -0.3 is 5.32 Å². The number of nitrogens with one attached hydrogen (secondary N) is 1. The van der Waals surface area contributed by atoms with Crippen molar-refractivity contribution in [2.24, 2.45) is 0 Å². The Bertz CT molecular complexity index is 810. The lowest BCUT2D eigenvalue weighted by Crippen LogP contribution is -1.98. The van der Waals surface area contributed by atoms with Gasteiger partial charge in [0.2, 0.25) is 0 Å². The van der Waals surface area contributed by atoms with Crippen LogP contribution in [0.25, 0.3) is 11.4 Å². The zero-order chi connectivity index (χ0) is 15.5. The number of aromatic nitrogens is 2. The number of benzene rings is 2. The molecule has 0 aliphatic carbocycles. The fourth-order valence-corrected chi connectivity index (χ4v) is 3.01. The molecule has 22 heavy (non-hydrogen) atoms. The molecule has 0 aliphatic rings. The largest absolute Gasteiger partial charge is 0.339 e. The minimum atomic E-state index is 0.373. The van der Waals surface area contributed by atoms with Crippen LogP contribution in [0.15, 0.2) is 54.6 Å². The first-order valence-electron chi connectivity index (χ1n) is 6.44. The van der Waals surface area contributed by atoms with Gasteiger partial charge in [-0.3, -0.25) is 0 Å². The molecule has 1 N–H and O–H groups in total. The van der Waals surface area contributed by atoms with Crippen molar-refractivity contribution in [1.29, 1.82) is 0 Å². The van der Waals surface area contributed by atoms with Crippen LogP contribution in [0.1, 0.15) is 0 Å². The summed E-state index contributed by atoms with van der Waals surface area (Å²) in [6, 6.07) is 17.1. The van der Waals surface area contributed by atoms with E-state index >= 15 is 0 Å². The molecule has 0 bridgehead atoms. The normalized spacial score (nSPS) is 10.5. The Morgan fingerprint density at radius 3 is 2.41 bits per heavy atom. The van der Waals surface area contributed by atoms with Crippen LogP contribution in [0, 0.1) is 3.57 Å². The highest BCUT2D eigenvalue weighted by Crippen LogP contribution is 2.28. The highest BCUT2D eigenvalue weighted by molar-refractivity contribution is 14.1. The van der Waals surface area contributed by atoms with Crippen molar-refractivity contribution >= 4 is 57.3 Å². The molecule has 0 amide bonds. The lowest BCUT2D eigenvalue weighted by atomic mass is 10.2. The first kappa shape index (κ1) is 15.5. The molecule has 0 spiro atoms. The Kier molecular flexibility index (Phi) is 4.81. The summed E-state index contributed by atoms with van der Waals surface area (Å²) in [5, 5.41) is 4.18. The minimum absolute atomic E-state index is 0.373. The molecule has 0 saturated carbocycles. The standard InChI is InChI=1S/C16H10Cl2IN3/c17-12-8-11(19)6-7-13(12)20-15-9-14(18)21-16(22-15)10-4-2-1-3-5-10/h1-9H,(H,20,21,22). The zero-order valence-corrected chi connectivity index (χ0v) is 14.9. The van der Waals surface area contributed by atoms with E-state index in [0.717, 1.165) is 14.8 Å². The molecular weight excluding hydrogens is 432 g/mol. The fourth-order valence-electron chi connectivity index (χ4n) is 1.93. The third-order valence-electron chi connectivity index (χ3n) is 2.92. The summed E-state index contributed by atoms with van der Waals surface area (Å²) in [5.41, 5.74) is 1.68. The molecule has 110 valence electrons. The molecule has 3 nitrogen and oxygen atoms in total. The SMILES string of the molecule is Clc1cc(Nc2ccc(I)cc2Cl)nc(-c2ccccc2)n1. The number of anilines is 2. The first-order chi connectivity index (χ1) is 10.6. The van der Waals surface area contributed by atoms with Gasteiger partial charge in [0.1, 0.15) is 11.0 Å². The first-order valence-corrected chi connectivity index (χ1v) is 8.27. The van der Waals surface area contributed by atoms with E-state index in [0.29, 0.717) is 21.8 Å². The van der Waals surface area contributed by atoms with E-state index in [1.807, 2.05) is 48.5 Å². The van der Waals surface area contributed by atoms with E-state index < -0.39 is 0 Å². The molecular formula is C16H10Cl2IN3. The zero-order valence-electron chi connectivity index (χ0n) is 11.2. The maximum atomic E-state index is 6.23. The molecule has 0 fully saturated rings. The highest BCUT2D eigenvalue weighted by atomic mass is 127. The molecule has 1 heterocycles. The lowest BCUT2D eigenvalue weighted by Gasteiger charge is -2.10. The van der Waals surface area contributed by atoms with Gasteiger partial charge >= 0.3 is 0 Å². The van der Waals surface area contributed by atoms with Gasteiger partial charge in [0, 0.05) is 15.2 Å². The number of rotatable bonds is 3. The molecule has 0 aliphatic heterocycles. The number of nitrogens with zero attached hydrogens (tertiary/aromatic N) is 2. The Morgan fingerprint density at radius 1 is 0.909 bits per heavy atom. The third-order valence-corrected chi connectivity index (χ3v) is 4.10. The van der Waals surface area contributed by atoms with Crippen molar-refractivity contribution in [3.05, 3.63) is 68.3 Å². The number of halogens is 3. The molecule has 6 heteroatoms. The molecule has 0 radical (unpaired) electrons. The Labute approximate surface area is 151 Å². The predicted molar refractivity (Wildman–Crippen MR) is 99.9 cm³/mol. The summed E-state index contributed by atoms with van der Waals surface area (Å²) in [5.74, 6) is 1.17. The van der Waals surface area contributed by atoms with Crippen molar-refractivity contribution in [1.82, 2.24) is 9.97 Å². The average molecular weight is 442 g/mol. The molecule has 0 saturated heterocycles. The van der Waals surface area contributed by atoms with E-state index in [1.54, 1.807) is 6.07 Å². The van der Waals surface area contributed by atoms with Crippen LogP contribution < -0.4 is 5.32 Å². The van der Waals surface area contributed by atoms with E-state index in [1.165, 1.54) is 0 Å². The predicted octanol–water partition coefficient (Wildman–Crippen LogP) is 5.80. The molecule has 3 rings (SSSR count). The van der Waals surface area contributed by atoms with Crippen LogP contribution in [0.2, 0.25) is 10.2 Å². The summed E-state index contributed by atoms with van der Waals surface area (Å²) in [7, 11) is 0. The van der Waals surface area contributed by atoms with E-state index in [-0.39, 0.29) is 0 Å². The van der Waals surface area contributed by atoms with Gasteiger partial charge in [-0.2, -0.15) is 0 Å². The van der Waals surface area contributed by atoms with Crippen LogP contribution in [-0.4, -0.2) is 9.97 Å². The summed E-state index contributed by atoms with van der Waals surface area (Å²) in [6.45, 7) is 0. The van der Waals surface area contributed by atoms with E-state index in [9.17, 15) is 0 Å². The molecule has 0 atom stereocenters. The monoisotopic (exact) mass is 441 g/mol. The maximum Gasteiger partial charge on any atom is 0.163 e. The van der Waals surface area contributed by atoms with Crippen molar-refractivity contribution in [2.75, 3.05) is 5.32 Å². The molecule has 0 unspecified atom stereocenters. The van der Waals surface area contributed by atoms with Crippen LogP contribution in [0.5, 0.6) is 0 Å². The Hall–Kier alpha value is -1.37. The molecule has 3 aromatic rings. The minimum Gasteiger partial charge on any atom is -0.339 e. The van der Waals surface area contributed by atoms with Gasteiger partial charge in [0.25, 0.3) is 0 Å². The summed E-state index contributed by atoms with van der Waals surface area (Å²) < 4.78 is 1.07. The quantitative estimate of drug-likeness (QED) is 0.412. The lowest BCUT2D eigenvalue weighted by molar-refractivity contribution is 1.17. The van der Waals surface area contributed by atoms with Crippen molar-refractivity contribution in [3.63, 3.8) is 0 Å². The second-order valence-corrected chi connectivity index (χ2v) is 6.55. The van der Waals surface area contributed by atoms with Gasteiger partial charge in [-0.15, -0.1) is 0 Å². The van der Waals surface area contributed by atoms with Gasteiger partial charge in [-0.25, -0.2) is 9.97 Å². The second kappa shape index (κ2) is 6.81. The second-order valence-electron chi connectivity index (χ2n) is 4.51. The summed E-state index contributed by atoms with van der Waals surface area (Å²) >= 11 is 14.6. The van der Waals surface area contributed by atoms with Crippen molar-refractivity contribution < 1.29 is 0 Å². The van der Waals surface area contributed by atoms with Gasteiger partial charge in [0.15, 0.2) is 5.82 Å². The summed E-state index contributed by atoms with van der Waals surface area (Å²) in [4.78, 5) is 8.76. The van der Waals surface area contributed by atoms with Crippen molar-refractivity contribution in [3.8, 4) is 11.4 Å². The number of hydrogen-bond donors (Lipinski definition) is 1. The third kappa shape index (κ3) is 3.69. The van der Waals surface area contributed by atoms with Gasteiger partial charge in [-0.05, 0) is 40.8 Å². The van der Waals surface area contributed by atoms with Crippen LogP contribution >= 0.6 is 45.8 Å².